The SMILES string of the molecule is O=C1NCC(=O)N(C2CCCSC2)C1c1ccccc1. The second kappa shape index (κ2) is 5.87. The van der Waals surface area contributed by atoms with Crippen molar-refractivity contribution in [1.29, 1.82) is 0 Å². The normalized spacial score (nSPS) is 27.3. The highest BCUT2D eigenvalue weighted by molar-refractivity contribution is 7.99. The summed E-state index contributed by atoms with van der Waals surface area (Å²) < 4.78 is 0. The van der Waals surface area contributed by atoms with Crippen LogP contribution in [0.1, 0.15) is 24.4 Å². The molecule has 1 aromatic rings. The molecule has 2 fully saturated rings. The summed E-state index contributed by atoms with van der Waals surface area (Å²) in [5, 5.41) is 2.71. The first-order valence-electron chi connectivity index (χ1n) is 6.99. The second-order valence-corrected chi connectivity index (χ2v) is 6.35. The fourth-order valence-electron chi connectivity index (χ4n) is 2.93. The lowest BCUT2D eigenvalue weighted by Crippen LogP contribution is -2.58. The van der Waals surface area contributed by atoms with Crippen molar-refractivity contribution in [3.8, 4) is 0 Å². The van der Waals surface area contributed by atoms with Crippen LogP contribution in [0.15, 0.2) is 30.3 Å². The lowest BCUT2D eigenvalue weighted by atomic mass is 9.98. The number of piperazine rings is 1. The van der Waals surface area contributed by atoms with E-state index in [-0.39, 0.29) is 24.4 Å². The van der Waals surface area contributed by atoms with Crippen LogP contribution in [0, 0.1) is 0 Å². The van der Waals surface area contributed by atoms with Crippen LogP contribution in [-0.2, 0) is 9.59 Å². The monoisotopic (exact) mass is 290 g/mol. The van der Waals surface area contributed by atoms with Crippen LogP contribution in [0.25, 0.3) is 0 Å². The Labute approximate surface area is 122 Å². The van der Waals surface area contributed by atoms with Crippen molar-refractivity contribution in [3.63, 3.8) is 0 Å². The number of nitrogens with one attached hydrogen (secondary N) is 1. The fraction of sp³-hybridized carbons (Fsp3) is 0.467. The van der Waals surface area contributed by atoms with Gasteiger partial charge in [0.1, 0.15) is 6.04 Å². The Hall–Kier alpha value is -1.49. The van der Waals surface area contributed by atoms with Crippen molar-refractivity contribution < 1.29 is 9.59 Å². The first-order valence-corrected chi connectivity index (χ1v) is 8.14. The molecule has 20 heavy (non-hydrogen) atoms. The number of hydrogen-bond donors (Lipinski definition) is 1. The number of carbonyl (C=O) groups excluding carboxylic acids is 2. The summed E-state index contributed by atoms with van der Waals surface area (Å²) in [5.74, 6) is 2.06. The molecule has 2 heterocycles. The van der Waals surface area contributed by atoms with Gasteiger partial charge in [0.05, 0.1) is 6.54 Å². The first-order chi connectivity index (χ1) is 9.77. The molecule has 3 rings (SSSR count). The van der Waals surface area contributed by atoms with Gasteiger partial charge in [0, 0.05) is 11.8 Å². The summed E-state index contributed by atoms with van der Waals surface area (Å²) in [6.07, 6.45) is 2.11. The van der Waals surface area contributed by atoms with E-state index in [0.29, 0.717) is 0 Å². The van der Waals surface area contributed by atoms with Crippen molar-refractivity contribution in [2.24, 2.45) is 0 Å². The predicted molar refractivity (Wildman–Crippen MR) is 79.4 cm³/mol. The van der Waals surface area contributed by atoms with Crippen molar-refractivity contribution in [2.45, 2.75) is 24.9 Å². The molecule has 1 N–H and O–H groups in total. The van der Waals surface area contributed by atoms with Gasteiger partial charge in [-0.3, -0.25) is 9.59 Å². The van der Waals surface area contributed by atoms with Crippen molar-refractivity contribution in [2.75, 3.05) is 18.1 Å². The Balaban J connectivity index is 1.93. The zero-order valence-electron chi connectivity index (χ0n) is 11.2. The number of thioether (sulfide) groups is 1. The third kappa shape index (κ3) is 2.54. The highest BCUT2D eigenvalue weighted by Gasteiger charge is 2.39. The molecule has 2 amide bonds. The smallest absolute Gasteiger partial charge is 0.247 e. The number of nitrogens with zero attached hydrogens (tertiary/aromatic N) is 1. The standard InChI is InChI=1S/C15H18N2O2S/c18-13-9-16-15(19)14(11-5-2-1-3-6-11)17(13)12-7-4-8-20-10-12/h1-3,5-6,12,14H,4,7-10H2,(H,16,19). The van der Waals surface area contributed by atoms with Crippen LogP contribution in [0.3, 0.4) is 0 Å². The predicted octanol–water partition coefficient (Wildman–Crippen LogP) is 1.58. The van der Waals surface area contributed by atoms with Gasteiger partial charge in [-0.25, -0.2) is 0 Å². The Morgan fingerprint density at radius 1 is 1.20 bits per heavy atom. The average molecular weight is 290 g/mol. The molecule has 5 heteroatoms. The highest BCUT2D eigenvalue weighted by Crippen LogP contribution is 2.31. The minimum absolute atomic E-state index is 0.0333. The second-order valence-electron chi connectivity index (χ2n) is 5.20. The van der Waals surface area contributed by atoms with Gasteiger partial charge in [0.2, 0.25) is 11.8 Å². The van der Waals surface area contributed by atoms with E-state index in [1.807, 2.05) is 47.0 Å². The lowest BCUT2D eigenvalue weighted by Gasteiger charge is -2.42. The van der Waals surface area contributed by atoms with E-state index in [4.69, 9.17) is 0 Å². The van der Waals surface area contributed by atoms with Gasteiger partial charge in [0.25, 0.3) is 0 Å². The number of benzene rings is 1. The maximum Gasteiger partial charge on any atom is 0.247 e. The molecular weight excluding hydrogens is 272 g/mol. The quantitative estimate of drug-likeness (QED) is 0.899. The Kier molecular flexibility index (Phi) is 3.96. The summed E-state index contributed by atoms with van der Waals surface area (Å²) >= 11 is 1.87. The molecule has 2 aliphatic heterocycles. The summed E-state index contributed by atoms with van der Waals surface area (Å²) in [7, 11) is 0. The molecule has 0 aromatic heterocycles. The Bertz CT molecular complexity index is 500. The van der Waals surface area contributed by atoms with E-state index >= 15 is 0 Å². The summed E-state index contributed by atoms with van der Waals surface area (Å²) in [6, 6.07) is 9.30. The van der Waals surface area contributed by atoms with Crippen LogP contribution in [0.2, 0.25) is 0 Å². The van der Waals surface area contributed by atoms with Crippen LogP contribution in [0.5, 0.6) is 0 Å². The van der Waals surface area contributed by atoms with Crippen LogP contribution in [-0.4, -0.2) is 40.8 Å². The molecule has 1 aromatic carbocycles. The maximum atomic E-state index is 12.3. The first kappa shape index (κ1) is 13.5. The third-order valence-corrected chi connectivity index (χ3v) is 5.07. The number of rotatable bonds is 2. The highest BCUT2D eigenvalue weighted by atomic mass is 32.2. The lowest BCUT2D eigenvalue weighted by molar-refractivity contribution is -0.148. The van der Waals surface area contributed by atoms with Crippen LogP contribution < -0.4 is 5.32 Å². The zero-order chi connectivity index (χ0) is 13.9. The van der Waals surface area contributed by atoms with Crippen molar-refractivity contribution >= 4 is 23.6 Å². The molecule has 4 nitrogen and oxygen atoms in total. The molecule has 2 aliphatic rings. The third-order valence-electron chi connectivity index (χ3n) is 3.87. The van der Waals surface area contributed by atoms with Crippen LogP contribution in [0.4, 0.5) is 0 Å². The van der Waals surface area contributed by atoms with Gasteiger partial charge in [0.15, 0.2) is 0 Å². The van der Waals surface area contributed by atoms with Crippen molar-refractivity contribution in [1.82, 2.24) is 10.2 Å². The minimum Gasteiger partial charge on any atom is -0.345 e. The van der Waals surface area contributed by atoms with Gasteiger partial charge in [-0.1, -0.05) is 30.3 Å². The number of amides is 2. The molecule has 2 atom stereocenters. The minimum atomic E-state index is -0.471. The molecule has 0 bridgehead atoms. The molecule has 2 unspecified atom stereocenters. The Morgan fingerprint density at radius 3 is 2.70 bits per heavy atom. The van der Waals surface area contributed by atoms with Gasteiger partial charge in [-0.2, -0.15) is 11.8 Å². The molecular formula is C15H18N2O2S. The van der Waals surface area contributed by atoms with Gasteiger partial charge in [-0.15, -0.1) is 0 Å². The average Bonchev–Trinajstić information content (AvgIpc) is 2.51. The topological polar surface area (TPSA) is 49.4 Å². The van der Waals surface area contributed by atoms with Gasteiger partial charge in [-0.05, 0) is 24.2 Å². The number of carbonyl (C=O) groups is 2. The zero-order valence-corrected chi connectivity index (χ0v) is 12.1. The maximum absolute atomic E-state index is 12.3. The van der Waals surface area contributed by atoms with E-state index in [1.54, 1.807) is 0 Å². The summed E-state index contributed by atoms with van der Waals surface area (Å²) in [6.45, 7) is 0.128. The molecule has 0 aliphatic carbocycles. The Morgan fingerprint density at radius 2 is 2.00 bits per heavy atom. The fourth-order valence-corrected chi connectivity index (χ4v) is 4.06. The van der Waals surface area contributed by atoms with E-state index in [2.05, 4.69) is 5.32 Å². The van der Waals surface area contributed by atoms with Crippen molar-refractivity contribution in [3.05, 3.63) is 35.9 Å². The molecule has 2 saturated heterocycles. The molecule has 106 valence electrons. The summed E-state index contributed by atoms with van der Waals surface area (Å²) in [5.41, 5.74) is 0.897. The van der Waals surface area contributed by atoms with Gasteiger partial charge < -0.3 is 10.2 Å². The van der Waals surface area contributed by atoms with Crippen LogP contribution >= 0.6 is 11.8 Å². The van der Waals surface area contributed by atoms with E-state index in [1.165, 1.54) is 0 Å². The van der Waals surface area contributed by atoms with E-state index in [9.17, 15) is 9.59 Å². The van der Waals surface area contributed by atoms with E-state index in [0.717, 1.165) is 29.9 Å². The molecule has 0 spiro atoms. The molecule has 0 saturated carbocycles. The molecule has 0 radical (unpaired) electrons. The summed E-state index contributed by atoms with van der Waals surface area (Å²) in [4.78, 5) is 26.4. The number of hydrogen-bond acceptors (Lipinski definition) is 3. The van der Waals surface area contributed by atoms with Gasteiger partial charge >= 0.3 is 0 Å². The largest absolute Gasteiger partial charge is 0.345 e. The van der Waals surface area contributed by atoms with E-state index < -0.39 is 6.04 Å².